The Bertz CT molecular complexity index is 1320. The Kier molecular flexibility index (Phi) is 11.8. The number of rotatable bonds is 12. The quantitative estimate of drug-likeness (QED) is 0.248. The maximum atomic E-state index is 13.7. The van der Waals surface area contributed by atoms with Gasteiger partial charge in [0.25, 0.3) is 0 Å². The van der Waals surface area contributed by atoms with Gasteiger partial charge < -0.3 is 9.80 Å². The fourth-order valence-corrected chi connectivity index (χ4v) is 9.40. The van der Waals surface area contributed by atoms with Crippen molar-refractivity contribution >= 4 is 27.5 Å². The maximum absolute atomic E-state index is 13.7. The Labute approximate surface area is 265 Å². The predicted molar refractivity (Wildman–Crippen MR) is 177 cm³/mol. The minimum atomic E-state index is -3.66. The van der Waals surface area contributed by atoms with Gasteiger partial charge in [-0.05, 0) is 127 Å². The van der Waals surface area contributed by atoms with Gasteiger partial charge in [0.15, 0.2) is 0 Å². The molecule has 43 heavy (non-hydrogen) atoms. The van der Waals surface area contributed by atoms with Crippen molar-refractivity contribution in [1.82, 2.24) is 14.1 Å². The predicted octanol–water partition coefficient (Wildman–Crippen LogP) is 7.25. The molecule has 1 saturated carbocycles. The summed E-state index contributed by atoms with van der Waals surface area (Å²) in [7, 11) is 2.70. The van der Waals surface area contributed by atoms with Crippen LogP contribution in [0, 0.1) is 19.8 Å². The highest BCUT2D eigenvalue weighted by Crippen LogP contribution is 2.40. The molecule has 1 unspecified atom stereocenters. The summed E-state index contributed by atoms with van der Waals surface area (Å²) in [6, 6.07) is 14.1. The summed E-state index contributed by atoms with van der Waals surface area (Å²) in [6.45, 7) is 4.89. The summed E-state index contributed by atoms with van der Waals surface area (Å²) in [6.07, 6.45) is 11.7. The second-order valence-corrected chi connectivity index (χ2v) is 15.6. The lowest BCUT2D eigenvalue weighted by Gasteiger charge is -2.45. The number of carbonyl (C=O) groups is 1. The Morgan fingerprint density at radius 2 is 1.67 bits per heavy atom. The van der Waals surface area contributed by atoms with Crippen LogP contribution in [-0.2, 0) is 21.2 Å². The van der Waals surface area contributed by atoms with Gasteiger partial charge in [-0.25, -0.2) is 8.42 Å². The normalized spacial score (nSPS) is 23.4. The molecule has 2 aromatic rings. The van der Waals surface area contributed by atoms with E-state index in [-0.39, 0.29) is 17.5 Å². The topological polar surface area (TPSA) is 60.9 Å². The van der Waals surface area contributed by atoms with E-state index in [0.717, 1.165) is 44.2 Å². The molecule has 1 saturated heterocycles. The first kappa shape index (κ1) is 34.0. The van der Waals surface area contributed by atoms with Crippen LogP contribution in [0.5, 0.6) is 0 Å². The molecule has 8 heteroatoms. The maximum Gasteiger partial charge on any atom is 0.243 e. The van der Waals surface area contributed by atoms with Crippen molar-refractivity contribution in [1.29, 1.82) is 0 Å². The summed E-state index contributed by atoms with van der Waals surface area (Å²) in [5.41, 5.74) is 3.09. The highest BCUT2D eigenvalue weighted by molar-refractivity contribution is 7.89. The van der Waals surface area contributed by atoms with E-state index in [2.05, 4.69) is 49.3 Å². The molecule has 0 spiro atoms. The second kappa shape index (κ2) is 14.9. The van der Waals surface area contributed by atoms with E-state index in [4.69, 9.17) is 11.6 Å². The standard InChI is InChI=1S/C35H52ClN3O3S/c1-27-26-33(28(2)25-32(27)36)43(41,42)39-23-10-9-13-31(39)14-15-34(40)38(5)24-19-30-17-21-35(22-18-30,37(3)4)20-16-29-11-7-6-8-12-29/h6-8,11-12,25-26,30-31H,9-10,13-24H2,1-5H3. The van der Waals surface area contributed by atoms with Crippen LogP contribution in [0.4, 0.5) is 0 Å². The molecule has 0 bridgehead atoms. The van der Waals surface area contributed by atoms with Gasteiger partial charge in [0, 0.05) is 43.2 Å². The molecular weight excluding hydrogens is 578 g/mol. The Morgan fingerprint density at radius 1 is 0.977 bits per heavy atom. The molecular formula is C35H52ClN3O3S. The van der Waals surface area contributed by atoms with E-state index < -0.39 is 10.0 Å². The monoisotopic (exact) mass is 629 g/mol. The lowest BCUT2D eigenvalue weighted by Crippen LogP contribution is -2.47. The number of hydrogen-bond acceptors (Lipinski definition) is 4. The average Bonchev–Trinajstić information content (AvgIpc) is 3.00. The average molecular weight is 630 g/mol. The number of benzene rings is 2. The highest BCUT2D eigenvalue weighted by Gasteiger charge is 2.37. The molecule has 1 aliphatic heterocycles. The molecule has 2 aliphatic rings. The van der Waals surface area contributed by atoms with Gasteiger partial charge >= 0.3 is 0 Å². The van der Waals surface area contributed by atoms with E-state index in [1.54, 1.807) is 23.4 Å². The molecule has 2 fully saturated rings. The highest BCUT2D eigenvalue weighted by atomic mass is 35.5. The fraction of sp³-hybridized carbons (Fsp3) is 0.629. The number of hydrogen-bond donors (Lipinski definition) is 0. The van der Waals surface area contributed by atoms with Gasteiger partial charge in [0.05, 0.1) is 4.90 Å². The third-order valence-electron chi connectivity index (χ3n) is 10.3. The van der Waals surface area contributed by atoms with E-state index in [9.17, 15) is 13.2 Å². The first-order valence-corrected chi connectivity index (χ1v) is 18.0. The van der Waals surface area contributed by atoms with Gasteiger partial charge in [-0.1, -0.05) is 48.4 Å². The number of nitrogens with zero attached hydrogens (tertiary/aromatic N) is 3. The van der Waals surface area contributed by atoms with Crippen molar-refractivity contribution in [3.63, 3.8) is 0 Å². The number of sulfonamides is 1. The molecule has 4 rings (SSSR count). The van der Waals surface area contributed by atoms with Crippen molar-refractivity contribution < 1.29 is 13.2 Å². The van der Waals surface area contributed by atoms with Gasteiger partial charge in [0.1, 0.15) is 0 Å². The molecule has 1 atom stereocenters. The summed E-state index contributed by atoms with van der Waals surface area (Å²) in [5.74, 6) is 0.757. The molecule has 0 N–H and O–H groups in total. The van der Waals surface area contributed by atoms with Crippen molar-refractivity contribution in [2.45, 2.75) is 107 Å². The minimum Gasteiger partial charge on any atom is -0.346 e. The summed E-state index contributed by atoms with van der Waals surface area (Å²) in [4.78, 5) is 17.8. The number of halogens is 1. The molecule has 238 valence electrons. The number of amides is 1. The fourth-order valence-electron chi connectivity index (χ4n) is 7.17. The van der Waals surface area contributed by atoms with Crippen LogP contribution in [0.2, 0.25) is 5.02 Å². The van der Waals surface area contributed by atoms with E-state index >= 15 is 0 Å². The second-order valence-electron chi connectivity index (χ2n) is 13.3. The minimum absolute atomic E-state index is 0.114. The zero-order valence-corrected chi connectivity index (χ0v) is 28.5. The van der Waals surface area contributed by atoms with E-state index in [1.165, 1.54) is 37.7 Å². The molecule has 0 aromatic heterocycles. The summed E-state index contributed by atoms with van der Waals surface area (Å²) < 4.78 is 29.1. The molecule has 1 aliphatic carbocycles. The van der Waals surface area contributed by atoms with Crippen molar-refractivity contribution in [2.24, 2.45) is 5.92 Å². The largest absolute Gasteiger partial charge is 0.346 e. The van der Waals surface area contributed by atoms with Crippen molar-refractivity contribution in [3.8, 4) is 0 Å². The number of aryl methyl sites for hydroxylation is 3. The van der Waals surface area contributed by atoms with E-state index in [0.29, 0.717) is 40.8 Å². The van der Waals surface area contributed by atoms with Crippen LogP contribution in [0.25, 0.3) is 0 Å². The van der Waals surface area contributed by atoms with Gasteiger partial charge in [-0.2, -0.15) is 4.31 Å². The molecule has 0 radical (unpaired) electrons. The zero-order chi connectivity index (χ0) is 31.2. The van der Waals surface area contributed by atoms with Gasteiger partial charge in [0.2, 0.25) is 15.9 Å². The lowest BCUT2D eigenvalue weighted by molar-refractivity contribution is -0.130. The van der Waals surface area contributed by atoms with Crippen LogP contribution >= 0.6 is 11.6 Å². The van der Waals surface area contributed by atoms with Crippen molar-refractivity contribution in [2.75, 3.05) is 34.2 Å². The third-order valence-corrected chi connectivity index (χ3v) is 12.8. The van der Waals surface area contributed by atoms with E-state index in [1.807, 2.05) is 18.9 Å². The van der Waals surface area contributed by atoms with Crippen LogP contribution in [0.1, 0.15) is 87.3 Å². The Morgan fingerprint density at radius 3 is 2.35 bits per heavy atom. The summed E-state index contributed by atoms with van der Waals surface area (Å²) >= 11 is 6.25. The van der Waals surface area contributed by atoms with Crippen LogP contribution in [0.3, 0.4) is 0 Å². The summed E-state index contributed by atoms with van der Waals surface area (Å²) in [5, 5.41) is 0.577. The van der Waals surface area contributed by atoms with Crippen LogP contribution < -0.4 is 0 Å². The smallest absolute Gasteiger partial charge is 0.243 e. The van der Waals surface area contributed by atoms with Crippen molar-refractivity contribution in [3.05, 3.63) is 64.2 Å². The molecule has 1 heterocycles. The van der Waals surface area contributed by atoms with Crippen LogP contribution in [0.15, 0.2) is 47.4 Å². The lowest BCUT2D eigenvalue weighted by atomic mass is 9.72. The molecule has 2 aromatic carbocycles. The van der Waals surface area contributed by atoms with Gasteiger partial charge in [-0.15, -0.1) is 0 Å². The number of piperidine rings is 1. The van der Waals surface area contributed by atoms with Gasteiger partial charge in [-0.3, -0.25) is 4.79 Å². The number of carbonyl (C=O) groups excluding carboxylic acids is 1. The Hall–Kier alpha value is -1.93. The SMILES string of the molecule is Cc1cc(S(=O)(=O)N2CCCCC2CCC(=O)N(C)CCC2CCC(CCc3ccccc3)(N(C)C)CC2)c(C)cc1Cl. The molecule has 6 nitrogen and oxygen atoms in total. The first-order valence-electron chi connectivity index (χ1n) is 16.2. The third kappa shape index (κ3) is 8.42. The first-order chi connectivity index (χ1) is 20.4. The molecule has 1 amide bonds. The zero-order valence-electron chi connectivity index (χ0n) is 26.9. The Balaban J connectivity index is 1.26. The van der Waals surface area contributed by atoms with Crippen LogP contribution in [-0.4, -0.2) is 74.2 Å².